The van der Waals surface area contributed by atoms with Gasteiger partial charge in [0, 0.05) is 9.26 Å². The third kappa shape index (κ3) is 2.33. The lowest BCUT2D eigenvalue weighted by Gasteiger charge is -2.20. The Morgan fingerprint density at radius 1 is 1.10 bits per heavy atom. The van der Waals surface area contributed by atoms with Gasteiger partial charge in [0.05, 0.1) is 18.1 Å². The molecule has 104 valence electrons. The molecule has 6 heteroatoms. The van der Waals surface area contributed by atoms with Crippen LogP contribution < -0.4 is 5.32 Å². The second kappa shape index (κ2) is 5.17. The molecule has 4 atom stereocenters. The molecule has 2 aliphatic rings. The number of amides is 1. The molecule has 2 heterocycles. The minimum absolute atomic E-state index is 0.310. The molecular formula is C14H12INO4. The zero-order valence-electron chi connectivity index (χ0n) is 10.3. The number of halogens is 1. The first-order chi connectivity index (χ1) is 9.56. The number of carbonyl (C=O) groups is 2. The smallest absolute Gasteiger partial charge is 0.310 e. The van der Waals surface area contributed by atoms with Crippen molar-refractivity contribution in [1.82, 2.24) is 0 Å². The molecule has 1 amide bonds. The van der Waals surface area contributed by atoms with Crippen molar-refractivity contribution in [2.45, 2.75) is 12.2 Å². The van der Waals surface area contributed by atoms with Crippen molar-refractivity contribution >= 4 is 40.2 Å². The molecule has 1 aromatic carbocycles. The number of nitrogens with one attached hydrogen (secondary N) is 1. The molecule has 5 nitrogen and oxygen atoms in total. The summed E-state index contributed by atoms with van der Waals surface area (Å²) in [6.07, 6.45) is 2.55. The summed E-state index contributed by atoms with van der Waals surface area (Å²) in [5.74, 6) is -2.80. The van der Waals surface area contributed by atoms with Crippen molar-refractivity contribution in [2.24, 2.45) is 11.8 Å². The van der Waals surface area contributed by atoms with E-state index in [9.17, 15) is 14.7 Å². The summed E-state index contributed by atoms with van der Waals surface area (Å²) in [5, 5.41) is 12.0. The maximum Gasteiger partial charge on any atom is 0.310 e. The fourth-order valence-corrected chi connectivity index (χ4v) is 3.03. The average Bonchev–Trinajstić information content (AvgIpc) is 3.01. The highest BCUT2D eigenvalue weighted by Crippen LogP contribution is 2.39. The minimum atomic E-state index is -0.996. The second-order valence-electron chi connectivity index (χ2n) is 4.84. The molecule has 0 saturated carbocycles. The molecule has 1 fully saturated rings. The first kappa shape index (κ1) is 13.6. The number of anilines is 1. The summed E-state index contributed by atoms with van der Waals surface area (Å²) in [6, 6.07) is 7.34. The van der Waals surface area contributed by atoms with E-state index < -0.39 is 30.0 Å². The van der Waals surface area contributed by atoms with Gasteiger partial charge in [0.2, 0.25) is 5.91 Å². The van der Waals surface area contributed by atoms with E-state index in [1.54, 1.807) is 24.3 Å². The topological polar surface area (TPSA) is 75.6 Å². The van der Waals surface area contributed by atoms with Crippen molar-refractivity contribution in [3.8, 4) is 0 Å². The number of benzene rings is 1. The van der Waals surface area contributed by atoms with E-state index in [-0.39, 0.29) is 5.91 Å². The third-order valence-electron chi connectivity index (χ3n) is 3.60. The van der Waals surface area contributed by atoms with Crippen LogP contribution in [0.1, 0.15) is 0 Å². The van der Waals surface area contributed by atoms with E-state index in [1.165, 1.54) is 0 Å². The highest BCUT2D eigenvalue weighted by atomic mass is 127. The maximum atomic E-state index is 12.3. The van der Waals surface area contributed by atoms with Crippen LogP contribution >= 0.6 is 22.6 Å². The molecule has 1 aromatic rings. The first-order valence-corrected chi connectivity index (χ1v) is 7.27. The normalized spacial score (nSPS) is 30.4. The van der Waals surface area contributed by atoms with E-state index in [4.69, 9.17) is 4.74 Å². The Morgan fingerprint density at radius 3 is 2.30 bits per heavy atom. The van der Waals surface area contributed by atoms with Gasteiger partial charge in [0.1, 0.15) is 5.92 Å². The van der Waals surface area contributed by atoms with Crippen LogP contribution in [0, 0.1) is 15.4 Å². The fraction of sp³-hybridized carbons (Fsp3) is 0.286. The lowest BCUT2D eigenvalue weighted by atomic mass is 9.82. The summed E-state index contributed by atoms with van der Waals surface area (Å²) in [6.45, 7) is 0. The van der Waals surface area contributed by atoms with Crippen LogP contribution in [0.4, 0.5) is 5.69 Å². The zero-order valence-corrected chi connectivity index (χ0v) is 12.5. The van der Waals surface area contributed by atoms with Crippen LogP contribution in [0.25, 0.3) is 0 Å². The SMILES string of the molecule is O=C(O)[C@@H]1[C@@H](C(=O)Nc2ccc(I)cc2)[C@@H]2C=C[C@@H]1O2. The largest absolute Gasteiger partial charge is 0.481 e. The van der Waals surface area contributed by atoms with Crippen molar-refractivity contribution < 1.29 is 19.4 Å². The Bertz CT molecular complexity index is 583. The molecule has 2 aliphatic heterocycles. The molecule has 0 aliphatic carbocycles. The van der Waals surface area contributed by atoms with Crippen LogP contribution in [0.2, 0.25) is 0 Å². The predicted molar refractivity (Wildman–Crippen MR) is 80.2 cm³/mol. The van der Waals surface area contributed by atoms with Gasteiger partial charge in [0.25, 0.3) is 0 Å². The number of rotatable bonds is 3. The van der Waals surface area contributed by atoms with Crippen molar-refractivity contribution in [3.63, 3.8) is 0 Å². The molecule has 1 saturated heterocycles. The van der Waals surface area contributed by atoms with Gasteiger partial charge in [-0.25, -0.2) is 0 Å². The van der Waals surface area contributed by atoms with Crippen LogP contribution in [0.15, 0.2) is 36.4 Å². The Morgan fingerprint density at radius 2 is 1.70 bits per heavy atom. The third-order valence-corrected chi connectivity index (χ3v) is 4.32. The monoisotopic (exact) mass is 385 g/mol. The molecule has 0 aromatic heterocycles. The number of carboxylic acids is 1. The minimum Gasteiger partial charge on any atom is -0.481 e. The van der Waals surface area contributed by atoms with Gasteiger partial charge in [0.15, 0.2) is 0 Å². The summed E-state index contributed by atoms with van der Waals surface area (Å²) in [7, 11) is 0. The molecule has 2 bridgehead atoms. The van der Waals surface area contributed by atoms with Gasteiger partial charge in [-0.2, -0.15) is 0 Å². The van der Waals surface area contributed by atoms with Gasteiger partial charge >= 0.3 is 5.97 Å². The van der Waals surface area contributed by atoms with E-state index in [2.05, 4.69) is 27.9 Å². The molecule has 0 radical (unpaired) electrons. The van der Waals surface area contributed by atoms with Crippen LogP contribution in [0.3, 0.4) is 0 Å². The van der Waals surface area contributed by atoms with Gasteiger partial charge in [-0.05, 0) is 46.9 Å². The van der Waals surface area contributed by atoms with E-state index in [0.717, 1.165) is 3.57 Å². The lowest BCUT2D eigenvalue weighted by Crippen LogP contribution is -2.39. The van der Waals surface area contributed by atoms with Crippen molar-refractivity contribution in [2.75, 3.05) is 5.32 Å². The van der Waals surface area contributed by atoms with E-state index in [1.807, 2.05) is 12.1 Å². The van der Waals surface area contributed by atoms with Crippen LogP contribution in [0.5, 0.6) is 0 Å². The summed E-state index contributed by atoms with van der Waals surface area (Å²) >= 11 is 2.18. The van der Waals surface area contributed by atoms with Gasteiger partial charge in [-0.15, -0.1) is 0 Å². The van der Waals surface area contributed by atoms with Crippen LogP contribution in [-0.4, -0.2) is 29.2 Å². The molecule has 3 rings (SSSR count). The number of hydrogen-bond acceptors (Lipinski definition) is 3. The number of hydrogen-bond donors (Lipinski definition) is 2. The fourth-order valence-electron chi connectivity index (χ4n) is 2.67. The molecule has 0 unspecified atom stereocenters. The van der Waals surface area contributed by atoms with Crippen molar-refractivity contribution in [3.05, 3.63) is 40.0 Å². The van der Waals surface area contributed by atoms with Crippen molar-refractivity contribution in [1.29, 1.82) is 0 Å². The Hall–Kier alpha value is -1.41. The van der Waals surface area contributed by atoms with Crippen LogP contribution in [-0.2, 0) is 14.3 Å². The number of ether oxygens (including phenoxy) is 1. The average molecular weight is 385 g/mol. The number of carbonyl (C=O) groups excluding carboxylic acids is 1. The quantitative estimate of drug-likeness (QED) is 0.616. The predicted octanol–water partition coefficient (Wildman–Crippen LogP) is 1.88. The Labute approximate surface area is 129 Å². The molecule has 0 spiro atoms. The summed E-state index contributed by atoms with van der Waals surface area (Å²) in [4.78, 5) is 23.6. The highest BCUT2D eigenvalue weighted by molar-refractivity contribution is 14.1. The molecule has 20 heavy (non-hydrogen) atoms. The second-order valence-corrected chi connectivity index (χ2v) is 6.08. The van der Waals surface area contributed by atoms with Gasteiger partial charge in [-0.3, -0.25) is 9.59 Å². The number of fused-ring (bicyclic) bond motifs is 2. The maximum absolute atomic E-state index is 12.3. The number of aliphatic carboxylic acids is 1. The Balaban J connectivity index is 1.78. The number of carboxylic acid groups (broad SMARTS) is 1. The highest BCUT2D eigenvalue weighted by Gasteiger charge is 2.53. The summed E-state index contributed by atoms with van der Waals surface area (Å²) in [5.41, 5.74) is 0.659. The lowest BCUT2D eigenvalue weighted by molar-refractivity contribution is -0.145. The van der Waals surface area contributed by atoms with E-state index >= 15 is 0 Å². The standard InChI is InChI=1S/C14H12INO4/c15-7-1-3-8(4-2-7)16-13(17)11-9-5-6-10(20-9)12(11)14(18)19/h1-6,9-12H,(H,16,17)(H,18,19)/t9-,10-,11-,12-/m0/s1. The first-order valence-electron chi connectivity index (χ1n) is 6.19. The van der Waals surface area contributed by atoms with E-state index in [0.29, 0.717) is 5.69 Å². The zero-order chi connectivity index (χ0) is 14.3. The Kier molecular flexibility index (Phi) is 3.51. The molecular weight excluding hydrogens is 373 g/mol. The van der Waals surface area contributed by atoms with Gasteiger partial charge < -0.3 is 15.2 Å². The van der Waals surface area contributed by atoms with Gasteiger partial charge in [-0.1, -0.05) is 12.2 Å². The molecule has 2 N–H and O–H groups in total. The summed E-state index contributed by atoms with van der Waals surface area (Å²) < 4.78 is 6.55.